The molecule has 9 heteroatoms. The molecule has 1 fully saturated rings. The number of pyridine rings is 1. The Morgan fingerprint density at radius 1 is 1.06 bits per heavy atom. The van der Waals surface area contributed by atoms with Crippen LogP contribution in [0, 0.1) is 6.92 Å². The number of aryl methyl sites for hydroxylation is 1. The van der Waals surface area contributed by atoms with Crippen LogP contribution < -0.4 is 4.74 Å². The lowest BCUT2D eigenvalue weighted by atomic mass is 9.84. The molecule has 1 aliphatic rings. The lowest BCUT2D eigenvalue weighted by molar-refractivity contribution is -0.153. The molecule has 0 saturated carbocycles. The van der Waals surface area contributed by atoms with Gasteiger partial charge in [-0.15, -0.1) is 10.2 Å². The summed E-state index contributed by atoms with van der Waals surface area (Å²) in [6, 6.07) is 5.06. The second kappa shape index (κ2) is 8.35. The molecular weight excluding hydrogens is 421 g/mol. The molecular formula is C23H27F3N4O2. The van der Waals surface area contributed by atoms with Crippen LogP contribution in [0.15, 0.2) is 22.6 Å². The summed E-state index contributed by atoms with van der Waals surface area (Å²) in [5.74, 6) is 1.05. The molecule has 3 heterocycles. The minimum absolute atomic E-state index is 0.170. The Morgan fingerprint density at radius 2 is 1.78 bits per heavy atom. The summed E-state index contributed by atoms with van der Waals surface area (Å²) < 4.78 is 49.0. The van der Waals surface area contributed by atoms with Crippen molar-refractivity contribution >= 4 is 10.9 Å². The molecule has 0 radical (unpaired) electrons. The van der Waals surface area contributed by atoms with Crippen LogP contribution in [0.4, 0.5) is 13.2 Å². The number of likely N-dealkylation sites (tertiary alicyclic amines) is 1. The van der Waals surface area contributed by atoms with Crippen LogP contribution in [0.1, 0.15) is 50.6 Å². The van der Waals surface area contributed by atoms with Crippen LogP contribution in [0.5, 0.6) is 5.75 Å². The molecule has 0 amide bonds. The van der Waals surface area contributed by atoms with Crippen LogP contribution in [0.3, 0.4) is 0 Å². The van der Waals surface area contributed by atoms with Crippen LogP contribution >= 0.6 is 0 Å². The molecule has 0 unspecified atom stereocenters. The van der Waals surface area contributed by atoms with E-state index >= 15 is 0 Å². The van der Waals surface area contributed by atoms with Gasteiger partial charge in [-0.05, 0) is 67.6 Å². The Morgan fingerprint density at radius 3 is 2.44 bits per heavy atom. The predicted octanol–water partition coefficient (Wildman–Crippen LogP) is 5.43. The molecule has 0 atom stereocenters. The minimum Gasteiger partial charge on any atom is -0.484 e. The lowest BCUT2D eigenvalue weighted by Crippen LogP contribution is -2.20. The van der Waals surface area contributed by atoms with Gasteiger partial charge in [0.05, 0.1) is 12.1 Å². The molecule has 0 bridgehead atoms. The first-order valence-electron chi connectivity index (χ1n) is 10.7. The highest BCUT2D eigenvalue weighted by atomic mass is 19.4. The van der Waals surface area contributed by atoms with Crippen LogP contribution in [-0.2, 0) is 12.0 Å². The number of benzene rings is 1. The second-order valence-corrected chi connectivity index (χ2v) is 9.33. The Balaban J connectivity index is 1.72. The summed E-state index contributed by atoms with van der Waals surface area (Å²) in [5, 5.41) is 9.09. The highest BCUT2D eigenvalue weighted by molar-refractivity contribution is 5.89. The Labute approximate surface area is 184 Å². The van der Waals surface area contributed by atoms with Gasteiger partial charge in [0, 0.05) is 5.39 Å². The smallest absolute Gasteiger partial charge is 0.422 e. The van der Waals surface area contributed by atoms with Gasteiger partial charge in [0.25, 0.3) is 5.89 Å². The van der Waals surface area contributed by atoms with Crippen LogP contribution in [-0.4, -0.2) is 46.0 Å². The van der Waals surface area contributed by atoms with Crippen molar-refractivity contribution in [3.63, 3.8) is 0 Å². The molecule has 2 aromatic heterocycles. The third kappa shape index (κ3) is 5.03. The van der Waals surface area contributed by atoms with Crippen molar-refractivity contribution in [2.24, 2.45) is 0 Å². The number of nitrogens with zero attached hydrogens (tertiary/aromatic N) is 4. The van der Waals surface area contributed by atoms with Crippen molar-refractivity contribution in [3.05, 3.63) is 35.2 Å². The summed E-state index contributed by atoms with van der Waals surface area (Å²) in [7, 11) is 0. The zero-order valence-electron chi connectivity index (χ0n) is 18.7. The third-order valence-corrected chi connectivity index (χ3v) is 5.55. The van der Waals surface area contributed by atoms with Crippen molar-refractivity contribution in [3.8, 4) is 17.3 Å². The number of hydrogen-bond donors (Lipinski definition) is 0. The summed E-state index contributed by atoms with van der Waals surface area (Å²) in [4.78, 5) is 7.05. The number of rotatable bonds is 5. The van der Waals surface area contributed by atoms with Gasteiger partial charge in [0.1, 0.15) is 11.4 Å². The first kappa shape index (κ1) is 22.5. The largest absolute Gasteiger partial charge is 0.484 e. The summed E-state index contributed by atoms with van der Waals surface area (Å²) in [6.07, 6.45) is -2.05. The fourth-order valence-electron chi connectivity index (χ4n) is 3.95. The monoisotopic (exact) mass is 448 g/mol. The van der Waals surface area contributed by atoms with E-state index in [-0.39, 0.29) is 11.2 Å². The number of fused-ring (bicyclic) bond motifs is 1. The van der Waals surface area contributed by atoms with E-state index in [0.29, 0.717) is 29.5 Å². The zero-order valence-corrected chi connectivity index (χ0v) is 18.7. The molecule has 1 saturated heterocycles. The molecule has 172 valence electrons. The van der Waals surface area contributed by atoms with Crippen LogP contribution in [0.25, 0.3) is 22.5 Å². The fraction of sp³-hybridized carbons (Fsp3) is 0.522. The second-order valence-electron chi connectivity index (χ2n) is 9.33. The SMILES string of the molecule is Cc1cc(-c2nnc(CN3CCCC3)o2)nc2c(C(C)(C)C)cc(OCC(F)(F)F)cc12. The molecule has 0 aliphatic carbocycles. The van der Waals surface area contributed by atoms with Crippen LogP contribution in [0.2, 0.25) is 0 Å². The normalized spacial score (nSPS) is 15.6. The lowest BCUT2D eigenvalue weighted by Gasteiger charge is -2.23. The molecule has 1 aromatic carbocycles. The van der Waals surface area contributed by atoms with Gasteiger partial charge in [-0.2, -0.15) is 13.2 Å². The van der Waals surface area contributed by atoms with Gasteiger partial charge in [0.2, 0.25) is 5.89 Å². The summed E-state index contributed by atoms with van der Waals surface area (Å²) in [5.41, 5.74) is 2.49. The minimum atomic E-state index is -4.40. The topological polar surface area (TPSA) is 64.3 Å². The number of hydrogen-bond acceptors (Lipinski definition) is 6. The van der Waals surface area contributed by atoms with E-state index in [0.717, 1.165) is 29.6 Å². The maximum absolute atomic E-state index is 12.7. The van der Waals surface area contributed by atoms with Gasteiger partial charge >= 0.3 is 6.18 Å². The average molecular weight is 448 g/mol. The van der Waals surface area contributed by atoms with Gasteiger partial charge in [0.15, 0.2) is 6.61 Å². The number of alkyl halides is 3. The standard InChI is InChI=1S/C23H27F3N4O2/c1-14-9-18(21-29-28-19(32-21)12-30-7-5-6-8-30)27-20-16(14)10-15(31-13-23(24,25)26)11-17(20)22(2,3)4/h9-11H,5-8,12-13H2,1-4H3. The molecule has 0 spiro atoms. The first-order valence-corrected chi connectivity index (χ1v) is 10.7. The molecule has 0 N–H and O–H groups in total. The fourth-order valence-corrected chi connectivity index (χ4v) is 3.95. The van der Waals surface area contributed by atoms with Gasteiger partial charge in [-0.3, -0.25) is 4.90 Å². The van der Waals surface area contributed by atoms with E-state index in [4.69, 9.17) is 14.1 Å². The third-order valence-electron chi connectivity index (χ3n) is 5.55. The molecule has 4 rings (SSSR count). The predicted molar refractivity (Wildman–Crippen MR) is 115 cm³/mol. The summed E-state index contributed by atoms with van der Waals surface area (Å²) >= 11 is 0. The highest BCUT2D eigenvalue weighted by Gasteiger charge is 2.29. The van der Waals surface area contributed by atoms with Crippen molar-refractivity contribution in [1.82, 2.24) is 20.1 Å². The molecule has 6 nitrogen and oxygen atoms in total. The Hall–Kier alpha value is -2.68. The highest BCUT2D eigenvalue weighted by Crippen LogP contribution is 2.36. The maximum Gasteiger partial charge on any atom is 0.422 e. The number of ether oxygens (including phenoxy) is 1. The first-order chi connectivity index (χ1) is 15.0. The quantitative estimate of drug-likeness (QED) is 0.519. The van der Waals surface area contributed by atoms with Gasteiger partial charge in [-0.1, -0.05) is 20.8 Å². The van der Waals surface area contributed by atoms with Crippen molar-refractivity contribution < 1.29 is 22.3 Å². The molecule has 32 heavy (non-hydrogen) atoms. The Bertz CT molecular complexity index is 1110. The zero-order chi connectivity index (χ0) is 23.1. The Kier molecular flexibility index (Phi) is 5.87. The van der Waals surface area contributed by atoms with Crippen molar-refractivity contribution in [2.45, 2.75) is 58.7 Å². The maximum atomic E-state index is 12.7. The van der Waals surface area contributed by atoms with E-state index in [9.17, 15) is 13.2 Å². The van der Waals surface area contributed by atoms with Gasteiger partial charge in [-0.25, -0.2) is 4.98 Å². The van der Waals surface area contributed by atoms with E-state index in [2.05, 4.69) is 15.1 Å². The molecule has 1 aliphatic heterocycles. The summed E-state index contributed by atoms with van der Waals surface area (Å²) in [6.45, 7) is 9.17. The van der Waals surface area contributed by atoms with Gasteiger partial charge < -0.3 is 9.15 Å². The molecule has 3 aromatic rings. The van der Waals surface area contributed by atoms with Crippen molar-refractivity contribution in [1.29, 1.82) is 0 Å². The van der Waals surface area contributed by atoms with E-state index < -0.39 is 12.8 Å². The van der Waals surface area contributed by atoms with Crippen molar-refractivity contribution in [2.75, 3.05) is 19.7 Å². The van der Waals surface area contributed by atoms with E-state index in [1.165, 1.54) is 12.8 Å². The van der Waals surface area contributed by atoms with E-state index in [1.54, 1.807) is 12.1 Å². The van der Waals surface area contributed by atoms with E-state index in [1.807, 2.05) is 33.8 Å². The number of aromatic nitrogens is 3. The average Bonchev–Trinajstić information content (AvgIpc) is 3.37. The number of halogens is 3.